The lowest BCUT2D eigenvalue weighted by atomic mass is 10.2. The summed E-state index contributed by atoms with van der Waals surface area (Å²) >= 11 is 0. The zero-order valence-electron chi connectivity index (χ0n) is 13.6. The highest BCUT2D eigenvalue weighted by atomic mass is 32.2. The fourth-order valence-electron chi connectivity index (χ4n) is 2.02. The van der Waals surface area contributed by atoms with Gasteiger partial charge in [-0.1, -0.05) is 0 Å². The molecular weight excluding hydrogens is 346 g/mol. The molecule has 4 N–H and O–H groups in total. The number of anilines is 3. The third-order valence-corrected chi connectivity index (χ3v) is 5.01. The number of ether oxygens (including phenoxy) is 1. The molecule has 0 radical (unpaired) electrons. The number of nitrogens with two attached hydrogens (primary N) is 1. The van der Waals surface area contributed by atoms with Gasteiger partial charge in [0.25, 0.3) is 0 Å². The summed E-state index contributed by atoms with van der Waals surface area (Å²) in [4.78, 5) is 22.3. The van der Waals surface area contributed by atoms with Crippen LogP contribution in [0.1, 0.15) is 6.92 Å². The summed E-state index contributed by atoms with van der Waals surface area (Å²) in [6.07, 6.45) is -0.658. The molecule has 2 amide bonds. The van der Waals surface area contributed by atoms with Crippen molar-refractivity contribution in [1.82, 2.24) is 0 Å². The van der Waals surface area contributed by atoms with E-state index in [1.54, 1.807) is 0 Å². The van der Waals surface area contributed by atoms with Crippen molar-refractivity contribution in [1.29, 1.82) is 0 Å². The van der Waals surface area contributed by atoms with Crippen LogP contribution in [0.2, 0.25) is 0 Å². The van der Waals surface area contributed by atoms with Gasteiger partial charge in [-0.3, -0.25) is 10.1 Å². The lowest BCUT2D eigenvalue weighted by molar-refractivity contribution is -0.114. The lowest BCUT2D eigenvalue weighted by Crippen LogP contribution is -2.11. The first kappa shape index (κ1) is 18.3. The molecule has 0 aromatic heterocycles. The molecule has 8 nitrogen and oxygen atoms in total. The third-order valence-electron chi connectivity index (χ3n) is 3.24. The van der Waals surface area contributed by atoms with Crippen LogP contribution in [0.5, 0.6) is 0 Å². The van der Waals surface area contributed by atoms with E-state index in [0.29, 0.717) is 5.69 Å². The van der Waals surface area contributed by atoms with Crippen LogP contribution in [0.15, 0.2) is 52.3 Å². The summed E-state index contributed by atoms with van der Waals surface area (Å²) in [5.41, 5.74) is 6.60. The molecule has 0 aliphatic carbocycles. The first-order chi connectivity index (χ1) is 11.7. The molecular formula is C16H17N3O5S. The first-order valence-corrected chi connectivity index (χ1v) is 8.59. The van der Waals surface area contributed by atoms with E-state index in [9.17, 15) is 18.0 Å². The van der Waals surface area contributed by atoms with E-state index in [1.165, 1.54) is 56.5 Å². The van der Waals surface area contributed by atoms with E-state index in [-0.39, 0.29) is 27.1 Å². The summed E-state index contributed by atoms with van der Waals surface area (Å²) in [7, 11) is -2.59. The third kappa shape index (κ3) is 4.27. The molecule has 0 aliphatic heterocycles. The predicted octanol–water partition coefficient (Wildman–Crippen LogP) is 2.24. The normalized spacial score (nSPS) is 10.8. The maximum Gasteiger partial charge on any atom is 0.411 e. The zero-order chi connectivity index (χ0) is 18.6. The molecule has 0 fully saturated rings. The van der Waals surface area contributed by atoms with Gasteiger partial charge in [0, 0.05) is 12.6 Å². The fourth-order valence-corrected chi connectivity index (χ4v) is 3.31. The number of carbonyl (C=O) groups excluding carboxylic acids is 2. The van der Waals surface area contributed by atoms with Crippen molar-refractivity contribution < 1.29 is 22.7 Å². The minimum Gasteiger partial charge on any atom is -0.453 e. The molecule has 0 aliphatic rings. The molecule has 2 aromatic rings. The molecule has 0 atom stereocenters. The van der Waals surface area contributed by atoms with Crippen molar-refractivity contribution >= 4 is 38.9 Å². The highest BCUT2D eigenvalue weighted by Crippen LogP contribution is 2.28. The molecule has 0 unspecified atom stereocenters. The Morgan fingerprint density at radius 3 is 2.16 bits per heavy atom. The minimum atomic E-state index is -3.82. The van der Waals surface area contributed by atoms with Gasteiger partial charge >= 0.3 is 6.09 Å². The van der Waals surface area contributed by atoms with Crippen molar-refractivity contribution in [3.8, 4) is 0 Å². The molecule has 25 heavy (non-hydrogen) atoms. The van der Waals surface area contributed by atoms with Gasteiger partial charge in [-0.05, 0) is 42.5 Å². The van der Waals surface area contributed by atoms with E-state index in [2.05, 4.69) is 15.4 Å². The van der Waals surface area contributed by atoms with Crippen LogP contribution < -0.4 is 16.4 Å². The molecule has 0 saturated carbocycles. The molecule has 2 aromatic carbocycles. The van der Waals surface area contributed by atoms with Crippen LogP contribution in [0, 0.1) is 0 Å². The summed E-state index contributed by atoms with van der Waals surface area (Å²) < 4.78 is 29.9. The van der Waals surface area contributed by atoms with Gasteiger partial charge in [0.1, 0.15) is 0 Å². The van der Waals surface area contributed by atoms with Crippen molar-refractivity contribution in [3.05, 3.63) is 42.5 Å². The average Bonchev–Trinajstić information content (AvgIpc) is 2.56. The topological polar surface area (TPSA) is 128 Å². The highest BCUT2D eigenvalue weighted by Gasteiger charge is 2.19. The Morgan fingerprint density at radius 1 is 1.00 bits per heavy atom. The standard InChI is InChI=1S/C16H17N3O5S/c1-10(20)18-15-9-13(7-8-14(15)17)25(22,23)12-5-3-11(4-6-12)19-16(21)24-2/h3-9H,17H2,1-2H3,(H,18,20)(H,19,21). The number of amides is 2. The van der Waals surface area contributed by atoms with Crippen molar-refractivity contribution in [2.45, 2.75) is 16.7 Å². The van der Waals surface area contributed by atoms with Crippen molar-refractivity contribution in [2.24, 2.45) is 0 Å². The van der Waals surface area contributed by atoms with Gasteiger partial charge in [-0.2, -0.15) is 0 Å². The van der Waals surface area contributed by atoms with Gasteiger partial charge in [0.15, 0.2) is 0 Å². The van der Waals surface area contributed by atoms with Crippen LogP contribution in [-0.2, 0) is 19.4 Å². The molecule has 0 spiro atoms. The number of hydrogen-bond acceptors (Lipinski definition) is 6. The van der Waals surface area contributed by atoms with Crippen LogP contribution in [0.3, 0.4) is 0 Å². The van der Waals surface area contributed by atoms with Crippen molar-refractivity contribution in [2.75, 3.05) is 23.5 Å². The first-order valence-electron chi connectivity index (χ1n) is 7.11. The van der Waals surface area contributed by atoms with Gasteiger partial charge < -0.3 is 15.8 Å². The second-order valence-corrected chi connectivity index (χ2v) is 7.02. The Hall–Kier alpha value is -3.07. The van der Waals surface area contributed by atoms with E-state index in [1.807, 2.05) is 0 Å². The quantitative estimate of drug-likeness (QED) is 0.715. The fraction of sp³-hybridized carbons (Fsp3) is 0.125. The number of nitrogen functional groups attached to an aromatic ring is 1. The van der Waals surface area contributed by atoms with Gasteiger partial charge in [0.05, 0.1) is 28.3 Å². The number of benzene rings is 2. The average molecular weight is 363 g/mol. The van der Waals surface area contributed by atoms with Crippen molar-refractivity contribution in [3.63, 3.8) is 0 Å². The summed E-state index contributed by atoms with van der Waals surface area (Å²) in [5, 5.41) is 4.91. The lowest BCUT2D eigenvalue weighted by Gasteiger charge is -2.10. The Balaban J connectivity index is 2.35. The molecule has 0 heterocycles. The van der Waals surface area contributed by atoms with Gasteiger partial charge in [0.2, 0.25) is 15.7 Å². The largest absolute Gasteiger partial charge is 0.453 e. The van der Waals surface area contributed by atoms with E-state index < -0.39 is 15.9 Å². The monoisotopic (exact) mass is 363 g/mol. The smallest absolute Gasteiger partial charge is 0.411 e. The summed E-state index contributed by atoms with van der Waals surface area (Å²) in [5.74, 6) is -0.362. The SMILES string of the molecule is COC(=O)Nc1ccc(S(=O)(=O)c2ccc(N)c(NC(C)=O)c2)cc1. The molecule has 0 bridgehead atoms. The van der Waals surface area contributed by atoms with Gasteiger partial charge in [-0.15, -0.1) is 0 Å². The summed E-state index contributed by atoms with van der Waals surface area (Å²) in [6, 6.07) is 9.66. The van der Waals surface area contributed by atoms with Crippen LogP contribution in [0.4, 0.5) is 21.9 Å². The van der Waals surface area contributed by atoms with E-state index in [0.717, 1.165) is 0 Å². The Kier molecular flexibility index (Phi) is 5.28. The number of sulfone groups is 1. The van der Waals surface area contributed by atoms with Gasteiger partial charge in [-0.25, -0.2) is 13.2 Å². The maximum atomic E-state index is 12.7. The second-order valence-electron chi connectivity index (χ2n) is 5.07. The number of nitrogens with one attached hydrogen (secondary N) is 2. The maximum absolute atomic E-state index is 12.7. The van der Waals surface area contributed by atoms with Crippen LogP contribution in [-0.4, -0.2) is 27.5 Å². The molecule has 0 saturated heterocycles. The zero-order valence-corrected chi connectivity index (χ0v) is 14.4. The Labute approximate surface area is 144 Å². The van der Waals surface area contributed by atoms with Crippen LogP contribution in [0.25, 0.3) is 0 Å². The number of hydrogen-bond donors (Lipinski definition) is 3. The number of carbonyl (C=O) groups is 2. The molecule has 2 rings (SSSR count). The molecule has 132 valence electrons. The summed E-state index contributed by atoms with van der Waals surface area (Å²) in [6.45, 7) is 1.30. The minimum absolute atomic E-state index is 0.0147. The van der Waals surface area contributed by atoms with E-state index >= 15 is 0 Å². The Bertz CT molecular complexity index is 908. The number of rotatable bonds is 4. The van der Waals surface area contributed by atoms with Crippen LogP contribution >= 0.6 is 0 Å². The van der Waals surface area contributed by atoms with E-state index in [4.69, 9.17) is 5.73 Å². The highest BCUT2D eigenvalue weighted by molar-refractivity contribution is 7.91. The molecule has 9 heteroatoms. The predicted molar refractivity (Wildman–Crippen MR) is 93.1 cm³/mol. The number of methoxy groups -OCH3 is 1. The Morgan fingerprint density at radius 2 is 1.60 bits per heavy atom. The second kappa shape index (κ2) is 7.22.